The molecule has 0 aliphatic rings. The Hall–Kier alpha value is -1.37. The molecule has 2 aromatic rings. The van der Waals surface area contributed by atoms with Gasteiger partial charge in [0.15, 0.2) is 0 Å². The third kappa shape index (κ3) is 4.06. The van der Waals surface area contributed by atoms with Crippen molar-refractivity contribution in [3.05, 3.63) is 58.1 Å². The molecule has 0 bridgehead atoms. The number of aryl methyl sites for hydroxylation is 1. The van der Waals surface area contributed by atoms with Crippen molar-refractivity contribution in [3.63, 3.8) is 0 Å². The summed E-state index contributed by atoms with van der Waals surface area (Å²) in [7, 11) is -3.68. The Kier molecular flexibility index (Phi) is 4.70. The van der Waals surface area contributed by atoms with E-state index in [0.29, 0.717) is 0 Å². The summed E-state index contributed by atoms with van der Waals surface area (Å²) in [6.07, 6.45) is 0. The number of primary sulfonamides is 1. The van der Waals surface area contributed by atoms with Gasteiger partial charge in [-0.15, -0.1) is 0 Å². The Morgan fingerprint density at radius 1 is 1.19 bits per heavy atom. The number of benzene rings is 2. The highest BCUT2D eigenvalue weighted by molar-refractivity contribution is 9.10. The molecule has 112 valence electrons. The standard InChI is InChI=1S/C15H17BrN2O2S/c1-10-6-7-13(16)9-15(10)18-11(2)12-4-3-5-14(8-12)21(17,19)20/h3-9,11,18H,1-2H3,(H2,17,19,20). The second-order valence-electron chi connectivity index (χ2n) is 4.94. The molecule has 0 aliphatic carbocycles. The first kappa shape index (κ1) is 16.0. The average Bonchev–Trinajstić information content (AvgIpc) is 2.42. The summed E-state index contributed by atoms with van der Waals surface area (Å²) in [4.78, 5) is 0.125. The van der Waals surface area contributed by atoms with Crippen molar-refractivity contribution < 1.29 is 8.42 Å². The Labute approximate surface area is 133 Å². The van der Waals surface area contributed by atoms with E-state index in [9.17, 15) is 8.42 Å². The van der Waals surface area contributed by atoms with E-state index < -0.39 is 10.0 Å². The SMILES string of the molecule is Cc1ccc(Br)cc1NC(C)c1cccc(S(N)(=O)=O)c1. The van der Waals surface area contributed by atoms with Gasteiger partial charge in [0.2, 0.25) is 10.0 Å². The molecule has 4 nitrogen and oxygen atoms in total. The third-order valence-corrected chi connectivity index (χ3v) is 4.66. The van der Waals surface area contributed by atoms with Gasteiger partial charge in [0.05, 0.1) is 4.90 Å². The van der Waals surface area contributed by atoms with E-state index in [2.05, 4.69) is 21.2 Å². The summed E-state index contributed by atoms with van der Waals surface area (Å²) in [6, 6.07) is 12.6. The molecule has 0 amide bonds. The van der Waals surface area contributed by atoms with E-state index in [1.54, 1.807) is 12.1 Å². The third-order valence-electron chi connectivity index (χ3n) is 3.26. The van der Waals surface area contributed by atoms with Gasteiger partial charge in [-0.05, 0) is 49.2 Å². The molecular weight excluding hydrogens is 352 g/mol. The smallest absolute Gasteiger partial charge is 0.238 e. The molecule has 0 spiro atoms. The summed E-state index contributed by atoms with van der Waals surface area (Å²) in [5.41, 5.74) is 2.98. The minimum atomic E-state index is -3.68. The van der Waals surface area contributed by atoms with Crippen LogP contribution in [-0.4, -0.2) is 8.42 Å². The lowest BCUT2D eigenvalue weighted by molar-refractivity contribution is 0.597. The fourth-order valence-electron chi connectivity index (χ4n) is 2.03. The van der Waals surface area contributed by atoms with Gasteiger partial charge < -0.3 is 5.32 Å². The Morgan fingerprint density at radius 2 is 1.90 bits per heavy atom. The molecule has 2 rings (SSSR count). The predicted molar refractivity (Wildman–Crippen MR) is 88.7 cm³/mol. The van der Waals surface area contributed by atoms with E-state index in [0.717, 1.165) is 21.3 Å². The zero-order valence-electron chi connectivity index (χ0n) is 11.8. The fourth-order valence-corrected chi connectivity index (χ4v) is 2.96. The molecule has 6 heteroatoms. The van der Waals surface area contributed by atoms with Crippen LogP contribution in [0, 0.1) is 6.92 Å². The molecule has 0 radical (unpaired) electrons. The first-order valence-electron chi connectivity index (χ1n) is 6.43. The predicted octanol–water partition coefficient (Wildman–Crippen LogP) is 3.58. The molecular formula is C15H17BrN2O2S. The van der Waals surface area contributed by atoms with Crippen LogP contribution >= 0.6 is 15.9 Å². The maximum absolute atomic E-state index is 11.4. The molecule has 3 N–H and O–H groups in total. The first-order valence-corrected chi connectivity index (χ1v) is 8.77. The molecule has 21 heavy (non-hydrogen) atoms. The van der Waals surface area contributed by atoms with Crippen LogP contribution in [0.4, 0.5) is 5.69 Å². The number of halogens is 1. The van der Waals surface area contributed by atoms with Gasteiger partial charge in [-0.25, -0.2) is 13.6 Å². The topological polar surface area (TPSA) is 72.2 Å². The lowest BCUT2D eigenvalue weighted by Gasteiger charge is -2.18. The lowest BCUT2D eigenvalue weighted by atomic mass is 10.1. The van der Waals surface area contributed by atoms with Gasteiger partial charge in [0.25, 0.3) is 0 Å². The van der Waals surface area contributed by atoms with Crippen molar-refractivity contribution >= 4 is 31.6 Å². The Bertz CT molecular complexity index is 760. The normalized spacial score (nSPS) is 13.0. The van der Waals surface area contributed by atoms with E-state index in [1.807, 2.05) is 38.1 Å². The van der Waals surface area contributed by atoms with Crippen LogP contribution < -0.4 is 10.5 Å². The zero-order chi connectivity index (χ0) is 15.6. The second-order valence-corrected chi connectivity index (χ2v) is 7.42. The highest BCUT2D eigenvalue weighted by Crippen LogP contribution is 2.26. The number of hydrogen-bond donors (Lipinski definition) is 2. The summed E-state index contributed by atoms with van der Waals surface area (Å²) < 4.78 is 23.8. The number of nitrogens with two attached hydrogens (primary N) is 1. The molecule has 0 fully saturated rings. The van der Waals surface area contributed by atoms with Crippen LogP contribution in [0.1, 0.15) is 24.1 Å². The quantitative estimate of drug-likeness (QED) is 0.865. The van der Waals surface area contributed by atoms with Crippen LogP contribution in [0.5, 0.6) is 0 Å². The van der Waals surface area contributed by atoms with Crippen LogP contribution in [-0.2, 0) is 10.0 Å². The van der Waals surface area contributed by atoms with Crippen molar-refractivity contribution in [3.8, 4) is 0 Å². The van der Waals surface area contributed by atoms with Crippen molar-refractivity contribution in [2.24, 2.45) is 5.14 Å². The van der Waals surface area contributed by atoms with Crippen molar-refractivity contribution in [1.29, 1.82) is 0 Å². The summed E-state index contributed by atoms with van der Waals surface area (Å²) in [5.74, 6) is 0. The number of nitrogens with one attached hydrogen (secondary N) is 1. The van der Waals surface area contributed by atoms with Crippen LogP contribution in [0.15, 0.2) is 51.8 Å². The molecule has 0 aliphatic heterocycles. The van der Waals surface area contributed by atoms with E-state index in [-0.39, 0.29) is 10.9 Å². The maximum Gasteiger partial charge on any atom is 0.238 e. The summed E-state index contributed by atoms with van der Waals surface area (Å²) in [5, 5.41) is 8.55. The first-order chi connectivity index (χ1) is 9.77. The summed E-state index contributed by atoms with van der Waals surface area (Å²) >= 11 is 3.44. The fraction of sp³-hybridized carbons (Fsp3) is 0.200. The van der Waals surface area contributed by atoms with Crippen molar-refractivity contribution in [2.45, 2.75) is 24.8 Å². The molecule has 2 aromatic carbocycles. The second kappa shape index (κ2) is 6.17. The number of hydrogen-bond acceptors (Lipinski definition) is 3. The van der Waals surface area contributed by atoms with Gasteiger partial charge >= 0.3 is 0 Å². The number of anilines is 1. The minimum absolute atomic E-state index is 0.0419. The number of rotatable bonds is 4. The molecule has 0 heterocycles. The number of sulfonamides is 1. The Balaban J connectivity index is 2.28. The van der Waals surface area contributed by atoms with Gasteiger partial charge in [0, 0.05) is 16.2 Å². The maximum atomic E-state index is 11.4. The molecule has 0 saturated heterocycles. The van der Waals surface area contributed by atoms with Crippen LogP contribution in [0.3, 0.4) is 0 Å². The highest BCUT2D eigenvalue weighted by Gasteiger charge is 2.12. The van der Waals surface area contributed by atoms with E-state index >= 15 is 0 Å². The molecule has 1 unspecified atom stereocenters. The lowest BCUT2D eigenvalue weighted by Crippen LogP contribution is -2.14. The highest BCUT2D eigenvalue weighted by atomic mass is 79.9. The van der Waals surface area contributed by atoms with Gasteiger partial charge in [-0.2, -0.15) is 0 Å². The van der Waals surface area contributed by atoms with Gasteiger partial charge in [-0.3, -0.25) is 0 Å². The van der Waals surface area contributed by atoms with E-state index in [1.165, 1.54) is 6.07 Å². The summed E-state index contributed by atoms with van der Waals surface area (Å²) in [6.45, 7) is 3.99. The van der Waals surface area contributed by atoms with Crippen LogP contribution in [0.2, 0.25) is 0 Å². The monoisotopic (exact) mass is 368 g/mol. The molecule has 0 aromatic heterocycles. The Morgan fingerprint density at radius 3 is 2.57 bits per heavy atom. The minimum Gasteiger partial charge on any atom is -0.378 e. The molecule has 1 atom stereocenters. The zero-order valence-corrected chi connectivity index (χ0v) is 14.2. The molecule has 0 saturated carbocycles. The van der Waals surface area contributed by atoms with Gasteiger partial charge in [-0.1, -0.05) is 34.1 Å². The average molecular weight is 369 g/mol. The van der Waals surface area contributed by atoms with Crippen molar-refractivity contribution in [2.75, 3.05) is 5.32 Å². The van der Waals surface area contributed by atoms with Crippen molar-refractivity contribution in [1.82, 2.24) is 0 Å². The largest absolute Gasteiger partial charge is 0.378 e. The van der Waals surface area contributed by atoms with Crippen LogP contribution in [0.25, 0.3) is 0 Å². The van der Waals surface area contributed by atoms with Gasteiger partial charge in [0.1, 0.15) is 0 Å². The van der Waals surface area contributed by atoms with E-state index in [4.69, 9.17) is 5.14 Å².